The fraction of sp³-hybridized carbons (Fsp3) is 0.467. The van der Waals surface area contributed by atoms with Crippen LogP contribution < -0.4 is 4.72 Å². The van der Waals surface area contributed by atoms with Crippen LogP contribution in [0.3, 0.4) is 0 Å². The summed E-state index contributed by atoms with van der Waals surface area (Å²) in [4.78, 5) is 3.77. The van der Waals surface area contributed by atoms with Gasteiger partial charge in [0.1, 0.15) is 6.33 Å². The SMILES string of the molecule is O=S(=O)(NC1C2CCC1Cc1ccccc1C2)c1ncn[nH]1. The molecule has 0 spiro atoms. The molecule has 1 heterocycles. The molecular weight excluding hydrogens is 300 g/mol. The van der Waals surface area contributed by atoms with E-state index in [4.69, 9.17) is 0 Å². The van der Waals surface area contributed by atoms with Crippen LogP contribution in [0.25, 0.3) is 0 Å². The number of fused-ring (bicyclic) bond motifs is 3. The Hall–Kier alpha value is -1.73. The fourth-order valence-corrected chi connectivity index (χ4v) is 5.12. The Labute approximate surface area is 129 Å². The third-order valence-electron chi connectivity index (χ3n) is 4.95. The fourth-order valence-electron chi connectivity index (χ4n) is 3.90. The Kier molecular flexibility index (Phi) is 3.27. The van der Waals surface area contributed by atoms with Gasteiger partial charge in [-0.3, -0.25) is 0 Å². The molecule has 2 N–H and O–H groups in total. The first-order valence-corrected chi connectivity index (χ1v) is 9.06. The second-order valence-electron chi connectivity index (χ2n) is 6.21. The molecule has 1 fully saturated rings. The lowest BCUT2D eigenvalue weighted by molar-refractivity contribution is 0.385. The number of sulfonamides is 1. The lowest BCUT2D eigenvalue weighted by Crippen LogP contribution is -2.42. The van der Waals surface area contributed by atoms with Crippen LogP contribution in [0.4, 0.5) is 0 Å². The molecule has 0 amide bonds. The Morgan fingerprint density at radius 3 is 2.27 bits per heavy atom. The predicted octanol–water partition coefficient (Wildman–Crippen LogP) is 1.28. The lowest BCUT2D eigenvalue weighted by atomic mass is 9.94. The van der Waals surface area contributed by atoms with Gasteiger partial charge in [-0.05, 0) is 48.6 Å². The molecule has 2 bridgehead atoms. The zero-order valence-electron chi connectivity index (χ0n) is 12.1. The van der Waals surface area contributed by atoms with E-state index in [-0.39, 0.29) is 11.2 Å². The quantitative estimate of drug-likeness (QED) is 0.892. The number of benzene rings is 1. The summed E-state index contributed by atoms with van der Waals surface area (Å²) in [7, 11) is -3.63. The van der Waals surface area contributed by atoms with Gasteiger partial charge in [0.2, 0.25) is 0 Å². The first kappa shape index (κ1) is 13.9. The molecule has 6 nitrogen and oxygen atoms in total. The van der Waals surface area contributed by atoms with Crippen LogP contribution in [0.1, 0.15) is 24.0 Å². The minimum atomic E-state index is -3.63. The van der Waals surface area contributed by atoms with Gasteiger partial charge in [0, 0.05) is 6.04 Å². The molecule has 2 unspecified atom stereocenters. The van der Waals surface area contributed by atoms with E-state index in [1.807, 2.05) is 0 Å². The summed E-state index contributed by atoms with van der Waals surface area (Å²) in [6.45, 7) is 0. The summed E-state index contributed by atoms with van der Waals surface area (Å²) in [5.41, 5.74) is 2.72. The average molecular weight is 318 g/mol. The molecule has 2 atom stereocenters. The van der Waals surface area contributed by atoms with Crippen molar-refractivity contribution in [2.24, 2.45) is 11.8 Å². The molecule has 2 aromatic rings. The minimum Gasteiger partial charge on any atom is -0.249 e. The maximum atomic E-state index is 12.4. The number of nitrogens with zero attached hydrogens (tertiary/aromatic N) is 2. The van der Waals surface area contributed by atoms with Crippen molar-refractivity contribution in [3.8, 4) is 0 Å². The summed E-state index contributed by atoms with van der Waals surface area (Å²) in [5.74, 6) is 0.706. The average Bonchev–Trinajstić information content (AvgIpc) is 3.09. The third-order valence-corrected chi connectivity index (χ3v) is 6.23. The molecule has 1 saturated carbocycles. The van der Waals surface area contributed by atoms with Crippen molar-refractivity contribution in [3.63, 3.8) is 0 Å². The molecule has 22 heavy (non-hydrogen) atoms. The van der Waals surface area contributed by atoms with Crippen LogP contribution in [0, 0.1) is 11.8 Å². The van der Waals surface area contributed by atoms with Gasteiger partial charge < -0.3 is 0 Å². The number of aromatic nitrogens is 3. The van der Waals surface area contributed by atoms with Crippen molar-refractivity contribution in [2.75, 3.05) is 0 Å². The molecule has 2 aliphatic rings. The van der Waals surface area contributed by atoms with Crippen molar-refractivity contribution in [1.29, 1.82) is 0 Å². The highest BCUT2D eigenvalue weighted by molar-refractivity contribution is 7.89. The number of hydrogen-bond donors (Lipinski definition) is 2. The summed E-state index contributed by atoms with van der Waals surface area (Å²) >= 11 is 0. The molecule has 0 saturated heterocycles. The van der Waals surface area contributed by atoms with Gasteiger partial charge in [0.15, 0.2) is 0 Å². The second kappa shape index (κ2) is 5.17. The molecule has 1 aromatic carbocycles. The van der Waals surface area contributed by atoms with Gasteiger partial charge in [0.05, 0.1) is 0 Å². The topological polar surface area (TPSA) is 87.7 Å². The largest absolute Gasteiger partial charge is 0.276 e. The van der Waals surface area contributed by atoms with Crippen LogP contribution in [0.2, 0.25) is 0 Å². The van der Waals surface area contributed by atoms with Gasteiger partial charge in [-0.25, -0.2) is 23.2 Å². The van der Waals surface area contributed by atoms with E-state index in [9.17, 15) is 8.42 Å². The maximum Gasteiger partial charge on any atom is 0.276 e. The predicted molar refractivity (Wildman–Crippen MR) is 80.6 cm³/mol. The molecule has 4 rings (SSSR count). The van der Waals surface area contributed by atoms with Crippen LogP contribution in [-0.2, 0) is 22.9 Å². The van der Waals surface area contributed by atoms with E-state index < -0.39 is 10.0 Å². The first-order chi connectivity index (χ1) is 10.6. The zero-order valence-corrected chi connectivity index (χ0v) is 12.9. The number of H-pyrrole nitrogens is 1. The Balaban J connectivity index is 1.62. The highest BCUT2D eigenvalue weighted by Gasteiger charge is 2.41. The van der Waals surface area contributed by atoms with E-state index >= 15 is 0 Å². The number of rotatable bonds is 3. The highest BCUT2D eigenvalue weighted by atomic mass is 32.2. The van der Waals surface area contributed by atoms with Crippen molar-refractivity contribution in [3.05, 3.63) is 41.7 Å². The monoisotopic (exact) mass is 318 g/mol. The molecule has 116 valence electrons. The lowest BCUT2D eigenvalue weighted by Gasteiger charge is -2.22. The zero-order chi connectivity index (χ0) is 15.2. The standard InChI is InChI=1S/C15H18N4O2S/c20-22(21,15-16-9-17-18-15)19-14-12-5-6-13(14)8-11-4-2-1-3-10(11)7-12/h1-4,9,12-14,19H,5-8H2,(H,16,17,18). The van der Waals surface area contributed by atoms with Gasteiger partial charge in [-0.1, -0.05) is 24.3 Å². The van der Waals surface area contributed by atoms with Gasteiger partial charge in [-0.15, -0.1) is 0 Å². The van der Waals surface area contributed by atoms with Crippen LogP contribution in [0.5, 0.6) is 0 Å². The Morgan fingerprint density at radius 1 is 1.09 bits per heavy atom. The molecular formula is C15H18N4O2S. The molecule has 0 aliphatic heterocycles. The van der Waals surface area contributed by atoms with Gasteiger partial charge >= 0.3 is 0 Å². The second-order valence-corrected chi connectivity index (χ2v) is 7.84. The van der Waals surface area contributed by atoms with E-state index in [0.29, 0.717) is 11.8 Å². The normalized spacial score (nSPS) is 27.4. The van der Waals surface area contributed by atoms with Crippen LogP contribution in [0.15, 0.2) is 35.7 Å². The highest BCUT2D eigenvalue weighted by Crippen LogP contribution is 2.40. The van der Waals surface area contributed by atoms with Crippen molar-refractivity contribution < 1.29 is 8.42 Å². The maximum absolute atomic E-state index is 12.4. The Bertz CT molecular complexity index is 740. The van der Waals surface area contributed by atoms with Gasteiger partial charge in [-0.2, -0.15) is 5.10 Å². The molecule has 7 heteroatoms. The van der Waals surface area contributed by atoms with E-state index in [1.165, 1.54) is 17.5 Å². The summed E-state index contributed by atoms with van der Waals surface area (Å²) < 4.78 is 27.7. The van der Waals surface area contributed by atoms with E-state index in [2.05, 4.69) is 44.2 Å². The summed E-state index contributed by atoms with van der Waals surface area (Å²) in [6.07, 6.45) is 5.24. The van der Waals surface area contributed by atoms with E-state index in [1.54, 1.807) is 0 Å². The number of hydrogen-bond acceptors (Lipinski definition) is 4. The third kappa shape index (κ3) is 2.34. The number of aromatic amines is 1. The van der Waals surface area contributed by atoms with Gasteiger partial charge in [0.25, 0.3) is 15.2 Å². The molecule has 1 aromatic heterocycles. The van der Waals surface area contributed by atoms with Crippen LogP contribution >= 0.6 is 0 Å². The van der Waals surface area contributed by atoms with E-state index in [0.717, 1.165) is 25.7 Å². The van der Waals surface area contributed by atoms with Crippen molar-refractivity contribution in [1.82, 2.24) is 19.9 Å². The van der Waals surface area contributed by atoms with Crippen LogP contribution in [-0.4, -0.2) is 29.6 Å². The molecule has 0 radical (unpaired) electrons. The molecule has 2 aliphatic carbocycles. The smallest absolute Gasteiger partial charge is 0.249 e. The first-order valence-electron chi connectivity index (χ1n) is 7.58. The summed E-state index contributed by atoms with van der Waals surface area (Å²) in [6, 6.07) is 8.43. The van der Waals surface area contributed by atoms with Crippen molar-refractivity contribution in [2.45, 2.75) is 36.9 Å². The Morgan fingerprint density at radius 2 is 1.73 bits per heavy atom. The summed E-state index contributed by atoms with van der Waals surface area (Å²) in [5, 5.41) is 5.97. The van der Waals surface area contributed by atoms with Crippen molar-refractivity contribution >= 4 is 10.0 Å². The number of nitrogens with one attached hydrogen (secondary N) is 2. The minimum absolute atomic E-state index is 0.0255.